The molecule has 1 aliphatic rings. The van der Waals surface area contributed by atoms with Crippen molar-refractivity contribution in [1.82, 2.24) is 9.55 Å². The standard InChI is InChI=1S/C10H14N2O5.CH3O3P/c1-5-3-12(10(16)11-9(5)15)8-2-6(14)7(4-13)17-8;1-4-5(2)3/h3,6-8,13-14H,2,4H2,1H3,(H,11,15,16);1H3/p+1/t6-,7+,8+;/m0./s1. The van der Waals surface area contributed by atoms with Crippen molar-refractivity contribution in [3.05, 3.63) is 32.6 Å². The Hall–Kier alpha value is -1.42. The second-order valence-electron chi connectivity index (χ2n) is 4.51. The van der Waals surface area contributed by atoms with Crippen LogP contribution in [0.2, 0.25) is 0 Å². The van der Waals surface area contributed by atoms with E-state index in [9.17, 15) is 19.3 Å². The van der Waals surface area contributed by atoms with Gasteiger partial charge in [-0.05, 0) is 6.92 Å². The maximum Gasteiger partial charge on any atom is 0.694 e. The predicted octanol–water partition coefficient (Wildman–Crippen LogP) is -1.23. The Morgan fingerprint density at radius 1 is 1.55 bits per heavy atom. The highest BCUT2D eigenvalue weighted by Gasteiger charge is 2.34. The first-order valence-electron chi connectivity index (χ1n) is 6.26. The summed E-state index contributed by atoms with van der Waals surface area (Å²) in [5.41, 5.74) is -0.643. The van der Waals surface area contributed by atoms with Gasteiger partial charge in [0.2, 0.25) is 0 Å². The number of aryl methyl sites for hydroxylation is 1. The van der Waals surface area contributed by atoms with Crippen molar-refractivity contribution in [2.45, 2.75) is 31.8 Å². The SMILES string of the molecule is CO[P+](=O)O.Cc1cn([C@H]2C[C@H](O)[C@@H](CO)O2)c(=O)[nH]c1=O. The van der Waals surface area contributed by atoms with E-state index in [2.05, 4.69) is 9.51 Å². The predicted molar refractivity (Wildman–Crippen MR) is 74.5 cm³/mol. The number of hydrogen-bond donors (Lipinski definition) is 4. The molecule has 1 unspecified atom stereocenters. The van der Waals surface area contributed by atoms with Gasteiger partial charge in [0.25, 0.3) is 5.56 Å². The van der Waals surface area contributed by atoms with E-state index in [4.69, 9.17) is 14.7 Å². The van der Waals surface area contributed by atoms with Gasteiger partial charge in [-0.2, -0.15) is 0 Å². The third-order valence-electron chi connectivity index (χ3n) is 3.00. The molecule has 1 aromatic rings. The topological polar surface area (TPSA) is 151 Å². The molecule has 22 heavy (non-hydrogen) atoms. The van der Waals surface area contributed by atoms with Gasteiger partial charge >= 0.3 is 13.9 Å². The van der Waals surface area contributed by atoms with Crippen molar-refractivity contribution in [2.24, 2.45) is 0 Å². The minimum Gasteiger partial charge on any atom is -0.394 e. The molecule has 4 atom stereocenters. The lowest BCUT2D eigenvalue weighted by Crippen LogP contribution is -2.33. The minimum absolute atomic E-state index is 0.205. The molecular formula is C11H18N2O8P+. The van der Waals surface area contributed by atoms with Crippen LogP contribution in [0.15, 0.2) is 15.8 Å². The summed E-state index contributed by atoms with van der Waals surface area (Å²) in [6, 6.07) is 0. The Kier molecular flexibility index (Phi) is 7.01. The molecule has 2 heterocycles. The quantitative estimate of drug-likeness (QED) is 0.500. The number of aliphatic hydroxyl groups excluding tert-OH is 2. The Morgan fingerprint density at radius 2 is 2.14 bits per heavy atom. The summed E-state index contributed by atoms with van der Waals surface area (Å²) in [5.74, 6) is 0. The zero-order valence-electron chi connectivity index (χ0n) is 12.0. The first-order chi connectivity index (χ1) is 10.3. The highest BCUT2D eigenvalue weighted by molar-refractivity contribution is 7.32. The fourth-order valence-corrected chi connectivity index (χ4v) is 1.85. The Labute approximate surface area is 125 Å². The number of ether oxygens (including phenoxy) is 1. The zero-order valence-corrected chi connectivity index (χ0v) is 12.9. The largest absolute Gasteiger partial charge is 0.694 e. The summed E-state index contributed by atoms with van der Waals surface area (Å²) in [6.07, 6.45) is -0.581. The molecule has 0 spiro atoms. The van der Waals surface area contributed by atoms with Crippen molar-refractivity contribution >= 4 is 8.25 Å². The number of rotatable bonds is 3. The lowest BCUT2D eigenvalue weighted by Gasteiger charge is -2.14. The highest BCUT2D eigenvalue weighted by Crippen LogP contribution is 2.27. The third-order valence-corrected chi connectivity index (χ3v) is 3.31. The molecule has 4 N–H and O–H groups in total. The number of aromatic amines is 1. The first-order valence-corrected chi connectivity index (χ1v) is 7.39. The van der Waals surface area contributed by atoms with Crippen LogP contribution in [0.25, 0.3) is 0 Å². The van der Waals surface area contributed by atoms with Crippen LogP contribution in [0.3, 0.4) is 0 Å². The summed E-state index contributed by atoms with van der Waals surface area (Å²) >= 11 is 0. The van der Waals surface area contributed by atoms with Crippen LogP contribution in [-0.4, -0.2) is 50.6 Å². The van der Waals surface area contributed by atoms with Gasteiger partial charge in [-0.25, -0.2) is 4.79 Å². The summed E-state index contributed by atoms with van der Waals surface area (Å²) in [7, 11) is -1.18. The number of aromatic nitrogens is 2. The van der Waals surface area contributed by atoms with Gasteiger partial charge in [0.1, 0.15) is 12.3 Å². The average molecular weight is 337 g/mol. The van der Waals surface area contributed by atoms with Crippen molar-refractivity contribution in [3.8, 4) is 0 Å². The van der Waals surface area contributed by atoms with Gasteiger partial charge in [-0.15, -0.1) is 9.42 Å². The van der Waals surface area contributed by atoms with Crippen molar-refractivity contribution in [3.63, 3.8) is 0 Å². The van der Waals surface area contributed by atoms with Crippen LogP contribution in [-0.2, 0) is 13.8 Å². The lowest BCUT2D eigenvalue weighted by molar-refractivity contribution is -0.0459. The molecule has 11 heteroatoms. The van der Waals surface area contributed by atoms with E-state index >= 15 is 0 Å². The molecule has 0 bridgehead atoms. The highest BCUT2D eigenvalue weighted by atomic mass is 31.1. The van der Waals surface area contributed by atoms with Crippen LogP contribution >= 0.6 is 8.25 Å². The maximum atomic E-state index is 11.6. The van der Waals surface area contributed by atoms with Crippen molar-refractivity contribution < 1.29 is 28.9 Å². The summed E-state index contributed by atoms with van der Waals surface area (Å²) in [4.78, 5) is 32.6. The van der Waals surface area contributed by atoms with E-state index < -0.39 is 37.9 Å². The van der Waals surface area contributed by atoms with E-state index in [0.717, 1.165) is 0 Å². The first kappa shape index (κ1) is 18.6. The van der Waals surface area contributed by atoms with E-state index in [1.165, 1.54) is 17.9 Å². The van der Waals surface area contributed by atoms with Gasteiger partial charge < -0.3 is 14.9 Å². The molecule has 1 aliphatic heterocycles. The molecule has 1 saturated heterocycles. The summed E-state index contributed by atoms with van der Waals surface area (Å²) in [6.45, 7) is 1.26. The van der Waals surface area contributed by atoms with Gasteiger partial charge in [-0.3, -0.25) is 14.3 Å². The molecule has 0 saturated carbocycles. The molecule has 0 aliphatic carbocycles. The Morgan fingerprint density at radius 3 is 2.59 bits per heavy atom. The van der Waals surface area contributed by atoms with Crippen LogP contribution in [0.1, 0.15) is 18.2 Å². The second kappa shape index (κ2) is 8.28. The van der Waals surface area contributed by atoms with Crippen LogP contribution in [0, 0.1) is 6.92 Å². The molecule has 0 aromatic carbocycles. The van der Waals surface area contributed by atoms with Gasteiger partial charge in [0.15, 0.2) is 0 Å². The maximum absolute atomic E-state index is 11.6. The number of aliphatic hydroxyl groups is 2. The number of nitrogens with one attached hydrogen (secondary N) is 1. The van der Waals surface area contributed by atoms with E-state index in [1.54, 1.807) is 6.92 Å². The summed E-state index contributed by atoms with van der Waals surface area (Å²) in [5, 5.41) is 18.5. The smallest absolute Gasteiger partial charge is 0.394 e. The fraction of sp³-hybridized carbons (Fsp3) is 0.636. The summed E-state index contributed by atoms with van der Waals surface area (Å²) < 4.78 is 19.7. The molecule has 10 nitrogen and oxygen atoms in total. The van der Waals surface area contributed by atoms with Gasteiger partial charge in [0, 0.05) is 22.7 Å². The van der Waals surface area contributed by atoms with E-state index in [-0.39, 0.29) is 13.0 Å². The molecule has 0 radical (unpaired) electrons. The molecule has 124 valence electrons. The zero-order chi connectivity index (χ0) is 16.9. The fourth-order valence-electron chi connectivity index (χ4n) is 1.85. The third kappa shape index (κ3) is 4.80. The number of hydrogen-bond acceptors (Lipinski definition) is 7. The molecule has 1 aromatic heterocycles. The second-order valence-corrected chi connectivity index (χ2v) is 5.35. The Balaban J connectivity index is 0.000000422. The van der Waals surface area contributed by atoms with Crippen molar-refractivity contribution in [2.75, 3.05) is 13.7 Å². The van der Waals surface area contributed by atoms with Gasteiger partial charge in [0.05, 0.1) is 19.8 Å². The minimum atomic E-state index is -2.35. The average Bonchev–Trinajstić information content (AvgIpc) is 2.84. The van der Waals surface area contributed by atoms with Crippen LogP contribution < -0.4 is 11.2 Å². The van der Waals surface area contributed by atoms with Gasteiger partial charge in [-0.1, -0.05) is 0 Å². The van der Waals surface area contributed by atoms with E-state index in [0.29, 0.717) is 5.56 Å². The number of nitrogens with zero attached hydrogens (tertiary/aromatic N) is 1. The normalized spacial score (nSPS) is 24.6. The monoisotopic (exact) mass is 337 g/mol. The molecule has 2 rings (SSSR count). The van der Waals surface area contributed by atoms with Crippen molar-refractivity contribution in [1.29, 1.82) is 0 Å². The van der Waals surface area contributed by atoms with Crippen LogP contribution in [0.4, 0.5) is 0 Å². The number of H-pyrrole nitrogens is 1. The molecule has 0 amide bonds. The van der Waals surface area contributed by atoms with Crippen LogP contribution in [0.5, 0.6) is 0 Å². The molecular weight excluding hydrogens is 319 g/mol. The Bertz CT molecular complexity index is 627. The van der Waals surface area contributed by atoms with E-state index in [1.807, 2.05) is 0 Å². The molecule has 1 fully saturated rings. The lowest BCUT2D eigenvalue weighted by atomic mass is 10.2.